The zero-order valence-electron chi connectivity index (χ0n) is 9.58. The van der Waals surface area contributed by atoms with E-state index in [1.807, 2.05) is 0 Å². The molecule has 0 spiro atoms. The van der Waals surface area contributed by atoms with E-state index < -0.39 is 5.60 Å². The standard InChI is InChI=1S/C12H19NO2/c1-5-12(15-11(14)10(2)3)6-8-13(4)9-7-12/h5H,1-2,6-9H2,3-4H3. The molecule has 0 unspecified atom stereocenters. The summed E-state index contributed by atoms with van der Waals surface area (Å²) in [7, 11) is 2.06. The van der Waals surface area contributed by atoms with Crippen molar-refractivity contribution in [1.82, 2.24) is 4.90 Å². The van der Waals surface area contributed by atoms with E-state index in [0.29, 0.717) is 5.57 Å². The number of piperidine rings is 1. The normalized spacial score (nSPS) is 20.7. The maximum absolute atomic E-state index is 11.5. The fourth-order valence-electron chi connectivity index (χ4n) is 1.62. The van der Waals surface area contributed by atoms with Crippen LogP contribution >= 0.6 is 0 Å². The Morgan fingerprint density at radius 3 is 2.40 bits per heavy atom. The fraction of sp³-hybridized carbons (Fsp3) is 0.583. The molecule has 3 nitrogen and oxygen atoms in total. The van der Waals surface area contributed by atoms with Gasteiger partial charge >= 0.3 is 5.97 Å². The molecule has 0 N–H and O–H groups in total. The monoisotopic (exact) mass is 209 g/mol. The molecule has 0 aromatic heterocycles. The molecule has 0 atom stereocenters. The summed E-state index contributed by atoms with van der Waals surface area (Å²) in [6.07, 6.45) is 3.37. The Bertz CT molecular complexity index is 275. The van der Waals surface area contributed by atoms with Gasteiger partial charge in [-0.2, -0.15) is 0 Å². The second-order valence-corrected chi connectivity index (χ2v) is 4.24. The highest BCUT2D eigenvalue weighted by atomic mass is 16.6. The van der Waals surface area contributed by atoms with Gasteiger partial charge in [-0.3, -0.25) is 0 Å². The van der Waals surface area contributed by atoms with Crippen LogP contribution in [0.1, 0.15) is 19.8 Å². The number of hydrogen-bond donors (Lipinski definition) is 0. The molecule has 84 valence electrons. The Labute approximate surface area is 91.4 Å². The lowest BCUT2D eigenvalue weighted by molar-refractivity contribution is -0.153. The van der Waals surface area contributed by atoms with Gasteiger partial charge < -0.3 is 9.64 Å². The fourth-order valence-corrected chi connectivity index (χ4v) is 1.62. The van der Waals surface area contributed by atoms with Gasteiger partial charge in [-0.1, -0.05) is 13.2 Å². The van der Waals surface area contributed by atoms with Crippen LogP contribution in [0.5, 0.6) is 0 Å². The van der Waals surface area contributed by atoms with Crippen LogP contribution in [0.2, 0.25) is 0 Å². The Morgan fingerprint density at radius 2 is 2.00 bits per heavy atom. The number of ether oxygens (including phenoxy) is 1. The molecule has 15 heavy (non-hydrogen) atoms. The Balaban J connectivity index is 2.65. The molecule has 0 saturated carbocycles. The van der Waals surface area contributed by atoms with E-state index in [-0.39, 0.29) is 5.97 Å². The lowest BCUT2D eigenvalue weighted by atomic mass is 9.91. The first-order chi connectivity index (χ1) is 6.99. The van der Waals surface area contributed by atoms with Crippen LogP contribution in [-0.2, 0) is 9.53 Å². The highest BCUT2D eigenvalue weighted by molar-refractivity contribution is 5.87. The summed E-state index contributed by atoms with van der Waals surface area (Å²) in [6.45, 7) is 10.9. The van der Waals surface area contributed by atoms with Crippen LogP contribution in [0.3, 0.4) is 0 Å². The minimum absolute atomic E-state index is 0.320. The van der Waals surface area contributed by atoms with Crippen molar-refractivity contribution in [2.24, 2.45) is 0 Å². The second kappa shape index (κ2) is 4.62. The minimum atomic E-state index is -0.484. The molecule has 3 heteroatoms. The van der Waals surface area contributed by atoms with Crippen molar-refractivity contribution in [3.8, 4) is 0 Å². The van der Waals surface area contributed by atoms with E-state index in [2.05, 4.69) is 25.1 Å². The Kier molecular flexibility index (Phi) is 3.69. The van der Waals surface area contributed by atoms with Crippen LogP contribution in [-0.4, -0.2) is 36.6 Å². The van der Waals surface area contributed by atoms with Crippen LogP contribution in [0.4, 0.5) is 0 Å². The third kappa shape index (κ3) is 2.93. The van der Waals surface area contributed by atoms with Gasteiger partial charge in [-0.05, 0) is 20.0 Å². The number of likely N-dealkylation sites (tertiary alicyclic amines) is 1. The molecular weight excluding hydrogens is 190 g/mol. The molecule has 1 aliphatic heterocycles. The molecule has 0 aromatic rings. The predicted molar refractivity (Wildman–Crippen MR) is 60.6 cm³/mol. The third-order valence-electron chi connectivity index (χ3n) is 2.85. The van der Waals surface area contributed by atoms with Crippen molar-refractivity contribution in [2.45, 2.75) is 25.4 Å². The van der Waals surface area contributed by atoms with Crippen molar-refractivity contribution in [1.29, 1.82) is 0 Å². The molecule has 0 bridgehead atoms. The van der Waals surface area contributed by atoms with Gasteiger partial charge in [-0.15, -0.1) is 0 Å². The number of rotatable bonds is 3. The van der Waals surface area contributed by atoms with Gasteiger partial charge in [0.25, 0.3) is 0 Å². The van der Waals surface area contributed by atoms with Gasteiger partial charge in [0.05, 0.1) is 0 Å². The average molecular weight is 209 g/mol. The van der Waals surface area contributed by atoms with Gasteiger partial charge in [0.2, 0.25) is 0 Å². The summed E-state index contributed by atoms with van der Waals surface area (Å²) in [5.41, 5.74) is -0.0436. The number of nitrogens with zero attached hydrogens (tertiary/aromatic N) is 1. The zero-order chi connectivity index (χ0) is 11.5. The van der Waals surface area contributed by atoms with Gasteiger partial charge in [0.15, 0.2) is 0 Å². The first kappa shape index (κ1) is 12.0. The van der Waals surface area contributed by atoms with Crippen LogP contribution in [0.25, 0.3) is 0 Å². The van der Waals surface area contributed by atoms with Crippen molar-refractivity contribution >= 4 is 5.97 Å². The molecule has 1 fully saturated rings. The largest absolute Gasteiger partial charge is 0.451 e. The second-order valence-electron chi connectivity index (χ2n) is 4.24. The molecule has 0 radical (unpaired) electrons. The van der Waals surface area contributed by atoms with E-state index in [1.165, 1.54) is 0 Å². The number of carbonyl (C=O) groups is 1. The van der Waals surface area contributed by atoms with Crippen LogP contribution in [0, 0.1) is 0 Å². The summed E-state index contributed by atoms with van der Waals surface area (Å²) in [4.78, 5) is 13.7. The van der Waals surface area contributed by atoms with E-state index in [4.69, 9.17) is 4.74 Å². The minimum Gasteiger partial charge on any atom is -0.451 e. The summed E-state index contributed by atoms with van der Waals surface area (Å²) in [5.74, 6) is -0.320. The summed E-state index contributed by atoms with van der Waals surface area (Å²) in [6, 6.07) is 0. The van der Waals surface area contributed by atoms with Crippen LogP contribution < -0.4 is 0 Å². The molecule has 0 aliphatic carbocycles. The first-order valence-corrected chi connectivity index (χ1v) is 5.20. The maximum atomic E-state index is 11.5. The smallest absolute Gasteiger partial charge is 0.333 e. The lowest BCUT2D eigenvalue weighted by Gasteiger charge is -2.37. The maximum Gasteiger partial charge on any atom is 0.333 e. The lowest BCUT2D eigenvalue weighted by Crippen LogP contribution is -2.44. The van der Waals surface area contributed by atoms with Crippen molar-refractivity contribution < 1.29 is 9.53 Å². The SMILES string of the molecule is C=CC1(OC(=O)C(=C)C)CCN(C)CC1. The Morgan fingerprint density at radius 1 is 1.47 bits per heavy atom. The van der Waals surface area contributed by atoms with Crippen molar-refractivity contribution in [3.63, 3.8) is 0 Å². The first-order valence-electron chi connectivity index (χ1n) is 5.20. The van der Waals surface area contributed by atoms with E-state index in [1.54, 1.807) is 13.0 Å². The van der Waals surface area contributed by atoms with E-state index >= 15 is 0 Å². The number of esters is 1. The molecular formula is C12H19NO2. The summed E-state index contributed by atoms with van der Waals surface area (Å²) < 4.78 is 5.45. The van der Waals surface area contributed by atoms with E-state index in [0.717, 1.165) is 25.9 Å². The predicted octanol–water partition coefficient (Wildman–Crippen LogP) is 1.76. The Hall–Kier alpha value is -1.09. The topological polar surface area (TPSA) is 29.5 Å². The third-order valence-corrected chi connectivity index (χ3v) is 2.85. The summed E-state index contributed by atoms with van der Waals surface area (Å²) >= 11 is 0. The molecule has 1 saturated heterocycles. The van der Waals surface area contributed by atoms with E-state index in [9.17, 15) is 4.79 Å². The molecule has 1 heterocycles. The quantitative estimate of drug-likeness (QED) is 0.403. The zero-order valence-corrected chi connectivity index (χ0v) is 9.58. The van der Waals surface area contributed by atoms with Gasteiger partial charge in [0, 0.05) is 31.5 Å². The molecule has 0 aromatic carbocycles. The average Bonchev–Trinajstić information content (AvgIpc) is 2.21. The highest BCUT2D eigenvalue weighted by Gasteiger charge is 2.34. The van der Waals surface area contributed by atoms with Crippen molar-refractivity contribution in [3.05, 3.63) is 24.8 Å². The highest BCUT2D eigenvalue weighted by Crippen LogP contribution is 2.27. The van der Waals surface area contributed by atoms with Gasteiger partial charge in [0.1, 0.15) is 5.60 Å². The van der Waals surface area contributed by atoms with Crippen molar-refractivity contribution in [2.75, 3.05) is 20.1 Å². The molecule has 1 rings (SSSR count). The molecule has 1 aliphatic rings. The summed E-state index contributed by atoms with van der Waals surface area (Å²) in [5, 5.41) is 0. The van der Waals surface area contributed by atoms with Gasteiger partial charge in [-0.25, -0.2) is 4.79 Å². The molecule has 0 amide bonds. The number of hydrogen-bond acceptors (Lipinski definition) is 3. The van der Waals surface area contributed by atoms with Crippen LogP contribution in [0.15, 0.2) is 24.8 Å². The number of carbonyl (C=O) groups excluding carboxylic acids is 1.